The van der Waals surface area contributed by atoms with Crippen LogP contribution >= 0.6 is 0 Å². The van der Waals surface area contributed by atoms with Gasteiger partial charge in [0.2, 0.25) is 5.82 Å². The maximum absolute atomic E-state index is 12.0. The van der Waals surface area contributed by atoms with Crippen LogP contribution in [-0.4, -0.2) is 43.2 Å². The number of hydrogen-bond donors (Lipinski definition) is 2. The molecule has 2 N–H and O–H groups in total. The molecule has 2 aromatic heterocycles. The van der Waals surface area contributed by atoms with Crippen LogP contribution in [0, 0.1) is 0 Å². The minimum atomic E-state index is -0.206. The number of hydrogen-bond acceptors (Lipinski definition) is 4. The molecule has 2 rings (SSSR count). The van der Waals surface area contributed by atoms with E-state index < -0.39 is 0 Å². The summed E-state index contributed by atoms with van der Waals surface area (Å²) in [5.41, 5.74) is 0.937. The summed E-state index contributed by atoms with van der Waals surface area (Å²) in [6.45, 7) is 2.43. The summed E-state index contributed by atoms with van der Waals surface area (Å²) in [7, 11) is 1.71. The normalized spacial score (nSPS) is 10.5. The second-order valence-corrected chi connectivity index (χ2v) is 3.73. The van der Waals surface area contributed by atoms with Crippen molar-refractivity contribution in [2.24, 2.45) is 0 Å². The van der Waals surface area contributed by atoms with Crippen LogP contribution < -0.4 is 0 Å². The van der Waals surface area contributed by atoms with Crippen molar-refractivity contribution < 1.29 is 4.79 Å². The largest absolute Gasteiger partial charge is 0.334 e. The number of rotatable bonds is 4. The van der Waals surface area contributed by atoms with Gasteiger partial charge < -0.3 is 4.90 Å². The van der Waals surface area contributed by atoms with Crippen molar-refractivity contribution in [2.75, 3.05) is 7.05 Å². The molecule has 0 bridgehead atoms. The molecular formula is C10H14N6O. The van der Waals surface area contributed by atoms with E-state index in [1.165, 1.54) is 0 Å². The highest BCUT2D eigenvalue weighted by atomic mass is 16.2. The van der Waals surface area contributed by atoms with E-state index >= 15 is 0 Å². The zero-order valence-corrected chi connectivity index (χ0v) is 9.77. The Morgan fingerprint density at radius 1 is 1.53 bits per heavy atom. The molecular weight excluding hydrogens is 220 g/mol. The van der Waals surface area contributed by atoms with Crippen molar-refractivity contribution in [3.63, 3.8) is 0 Å². The Labute approximate surface area is 98.2 Å². The van der Waals surface area contributed by atoms with E-state index in [0.29, 0.717) is 12.4 Å². The number of nitrogens with one attached hydrogen (secondary N) is 2. The fourth-order valence-corrected chi connectivity index (χ4v) is 1.43. The number of aryl methyl sites for hydroxylation is 1. The number of nitrogens with zero attached hydrogens (tertiary/aromatic N) is 4. The zero-order valence-electron chi connectivity index (χ0n) is 9.77. The van der Waals surface area contributed by atoms with Gasteiger partial charge >= 0.3 is 0 Å². The second kappa shape index (κ2) is 4.77. The van der Waals surface area contributed by atoms with Crippen molar-refractivity contribution >= 4 is 5.91 Å². The number of amides is 1. The van der Waals surface area contributed by atoms with Gasteiger partial charge in [-0.25, -0.2) is 4.98 Å². The van der Waals surface area contributed by atoms with Crippen molar-refractivity contribution in [1.82, 2.24) is 30.3 Å². The van der Waals surface area contributed by atoms with Gasteiger partial charge in [-0.1, -0.05) is 6.92 Å². The molecule has 0 unspecified atom stereocenters. The molecule has 1 amide bonds. The maximum atomic E-state index is 12.0. The van der Waals surface area contributed by atoms with Crippen molar-refractivity contribution in [1.29, 1.82) is 0 Å². The molecule has 7 heteroatoms. The van der Waals surface area contributed by atoms with Crippen molar-refractivity contribution in [3.05, 3.63) is 29.6 Å². The molecule has 2 heterocycles. The van der Waals surface area contributed by atoms with Crippen LogP contribution in [0.1, 0.15) is 28.9 Å². The van der Waals surface area contributed by atoms with Crippen LogP contribution in [0.2, 0.25) is 0 Å². The van der Waals surface area contributed by atoms with Crippen LogP contribution in [0.3, 0.4) is 0 Å². The molecule has 0 atom stereocenters. The summed E-state index contributed by atoms with van der Waals surface area (Å²) in [5.74, 6) is 0.708. The molecule has 2 aromatic rings. The molecule has 0 saturated carbocycles. The summed E-state index contributed by atoms with van der Waals surface area (Å²) in [4.78, 5) is 17.6. The summed E-state index contributed by atoms with van der Waals surface area (Å²) in [5, 5.41) is 13.1. The fourth-order valence-electron chi connectivity index (χ4n) is 1.43. The molecule has 0 fully saturated rings. The van der Waals surface area contributed by atoms with Gasteiger partial charge in [0, 0.05) is 31.8 Å². The first-order valence-corrected chi connectivity index (χ1v) is 5.35. The van der Waals surface area contributed by atoms with E-state index in [4.69, 9.17) is 0 Å². The lowest BCUT2D eigenvalue weighted by Crippen LogP contribution is -2.27. The SMILES string of the molecule is CCc1nc(C(=O)N(C)Cc2cn[nH]c2)n[nH]1. The lowest BCUT2D eigenvalue weighted by molar-refractivity contribution is 0.0773. The van der Waals surface area contributed by atoms with Crippen molar-refractivity contribution in [2.45, 2.75) is 19.9 Å². The van der Waals surface area contributed by atoms with E-state index in [0.717, 1.165) is 12.0 Å². The second-order valence-electron chi connectivity index (χ2n) is 3.73. The summed E-state index contributed by atoms with van der Waals surface area (Å²) >= 11 is 0. The third-order valence-electron chi connectivity index (χ3n) is 2.38. The zero-order chi connectivity index (χ0) is 12.3. The van der Waals surface area contributed by atoms with E-state index in [-0.39, 0.29) is 11.7 Å². The Bertz CT molecular complexity index is 489. The van der Waals surface area contributed by atoms with Gasteiger partial charge in [-0.15, -0.1) is 5.10 Å². The first-order valence-electron chi connectivity index (χ1n) is 5.35. The lowest BCUT2D eigenvalue weighted by Gasteiger charge is -2.13. The first kappa shape index (κ1) is 11.3. The van der Waals surface area contributed by atoms with Gasteiger partial charge in [0.05, 0.1) is 6.20 Å². The number of carbonyl (C=O) groups excluding carboxylic acids is 1. The first-order chi connectivity index (χ1) is 8.20. The molecule has 0 saturated heterocycles. The van der Waals surface area contributed by atoms with E-state index in [1.807, 2.05) is 6.92 Å². The molecule has 0 aromatic carbocycles. The summed E-state index contributed by atoms with van der Waals surface area (Å²) in [6, 6.07) is 0. The third-order valence-corrected chi connectivity index (χ3v) is 2.38. The predicted molar refractivity (Wildman–Crippen MR) is 60.1 cm³/mol. The molecule has 17 heavy (non-hydrogen) atoms. The average Bonchev–Trinajstić information content (AvgIpc) is 2.98. The molecule has 0 aliphatic rings. The number of aromatic nitrogens is 5. The smallest absolute Gasteiger partial charge is 0.293 e. The predicted octanol–water partition coefficient (Wildman–Crippen LogP) is 0.362. The highest BCUT2D eigenvalue weighted by molar-refractivity contribution is 5.90. The van der Waals surface area contributed by atoms with Crippen LogP contribution in [0.15, 0.2) is 12.4 Å². The van der Waals surface area contributed by atoms with Gasteiger partial charge in [0.15, 0.2) is 0 Å². The average molecular weight is 234 g/mol. The van der Waals surface area contributed by atoms with Gasteiger partial charge in [-0.05, 0) is 0 Å². The number of carbonyl (C=O) groups is 1. The number of H-pyrrole nitrogens is 2. The quantitative estimate of drug-likeness (QED) is 0.799. The minimum absolute atomic E-state index is 0.202. The Hall–Kier alpha value is -2.18. The lowest BCUT2D eigenvalue weighted by atomic mass is 10.3. The van der Waals surface area contributed by atoms with Crippen LogP contribution in [0.25, 0.3) is 0 Å². The molecule has 7 nitrogen and oxygen atoms in total. The van der Waals surface area contributed by atoms with Gasteiger partial charge in [-0.3, -0.25) is 15.0 Å². The molecule has 0 aliphatic carbocycles. The van der Waals surface area contributed by atoms with Gasteiger partial charge in [-0.2, -0.15) is 5.10 Å². The van der Waals surface area contributed by atoms with Crippen LogP contribution in [0.5, 0.6) is 0 Å². The van der Waals surface area contributed by atoms with Crippen LogP contribution in [-0.2, 0) is 13.0 Å². The molecule has 0 spiro atoms. The Morgan fingerprint density at radius 2 is 2.35 bits per heavy atom. The fraction of sp³-hybridized carbons (Fsp3) is 0.400. The Kier molecular flexibility index (Phi) is 3.17. The van der Waals surface area contributed by atoms with Crippen molar-refractivity contribution in [3.8, 4) is 0 Å². The van der Waals surface area contributed by atoms with E-state index in [1.54, 1.807) is 24.3 Å². The van der Waals surface area contributed by atoms with E-state index in [2.05, 4.69) is 25.4 Å². The van der Waals surface area contributed by atoms with Gasteiger partial charge in [0.1, 0.15) is 5.82 Å². The highest BCUT2D eigenvalue weighted by Crippen LogP contribution is 2.04. The monoisotopic (exact) mass is 234 g/mol. The standard InChI is InChI=1S/C10H14N6O/c1-3-8-13-9(15-14-8)10(17)16(2)6-7-4-11-12-5-7/h4-5H,3,6H2,1-2H3,(H,11,12)(H,13,14,15). The Morgan fingerprint density at radius 3 is 2.94 bits per heavy atom. The Balaban J connectivity index is 2.04. The highest BCUT2D eigenvalue weighted by Gasteiger charge is 2.17. The summed E-state index contributed by atoms with van der Waals surface area (Å²) in [6.07, 6.45) is 4.16. The third kappa shape index (κ3) is 2.49. The maximum Gasteiger partial charge on any atom is 0.293 e. The minimum Gasteiger partial charge on any atom is -0.334 e. The van der Waals surface area contributed by atoms with Gasteiger partial charge in [0.25, 0.3) is 5.91 Å². The molecule has 0 radical (unpaired) electrons. The summed E-state index contributed by atoms with van der Waals surface area (Å²) < 4.78 is 0. The molecule has 0 aliphatic heterocycles. The topological polar surface area (TPSA) is 90.6 Å². The van der Waals surface area contributed by atoms with E-state index in [9.17, 15) is 4.79 Å². The molecule has 90 valence electrons. The number of aromatic amines is 2. The van der Waals surface area contributed by atoms with Crippen LogP contribution in [0.4, 0.5) is 0 Å².